The second-order valence-corrected chi connectivity index (χ2v) is 5.39. The van der Waals surface area contributed by atoms with Gasteiger partial charge >= 0.3 is 0 Å². The molecule has 0 fully saturated rings. The second-order valence-electron chi connectivity index (χ2n) is 5.39. The number of anilines is 1. The second kappa shape index (κ2) is 6.91. The van der Waals surface area contributed by atoms with E-state index in [2.05, 4.69) is 20.6 Å². The van der Waals surface area contributed by atoms with Crippen molar-refractivity contribution in [2.24, 2.45) is 0 Å². The first-order valence-electron chi connectivity index (χ1n) is 7.52. The molecule has 0 aliphatic heterocycles. The summed E-state index contributed by atoms with van der Waals surface area (Å²) in [6, 6.07) is 8.83. The molecule has 2 aromatic heterocycles. The van der Waals surface area contributed by atoms with E-state index < -0.39 is 0 Å². The molecule has 0 saturated heterocycles. The van der Waals surface area contributed by atoms with Crippen LogP contribution in [0.4, 0.5) is 5.69 Å². The van der Waals surface area contributed by atoms with E-state index in [1.807, 2.05) is 19.9 Å². The van der Waals surface area contributed by atoms with Gasteiger partial charge in [-0.2, -0.15) is 0 Å². The Hall–Kier alpha value is -3.22. The van der Waals surface area contributed by atoms with Crippen LogP contribution in [0.3, 0.4) is 0 Å². The Balaban J connectivity index is 1.82. The summed E-state index contributed by atoms with van der Waals surface area (Å²) in [4.78, 5) is 16.6. The van der Waals surface area contributed by atoms with E-state index in [0.29, 0.717) is 17.0 Å². The topological polar surface area (TPSA) is 81.9 Å². The normalized spacial score (nSPS) is 10.6. The summed E-state index contributed by atoms with van der Waals surface area (Å²) in [5, 5.41) is 10.5. The molecule has 1 amide bonds. The minimum absolute atomic E-state index is 0.0134. The Labute approximate surface area is 139 Å². The highest BCUT2D eigenvalue weighted by atomic mass is 16.5. The van der Waals surface area contributed by atoms with E-state index in [4.69, 9.17) is 4.74 Å². The highest BCUT2D eigenvalue weighted by molar-refractivity contribution is 6.05. The fourth-order valence-corrected chi connectivity index (χ4v) is 2.16. The zero-order valence-corrected chi connectivity index (χ0v) is 13.4. The summed E-state index contributed by atoms with van der Waals surface area (Å²) < 4.78 is 7.26. The molecule has 0 bridgehead atoms. The number of nitrogens with one attached hydrogen (secondary N) is 1. The van der Waals surface area contributed by atoms with Gasteiger partial charge in [-0.1, -0.05) is 11.3 Å². The molecule has 0 aliphatic rings. The first-order valence-corrected chi connectivity index (χ1v) is 7.52. The van der Waals surface area contributed by atoms with Crippen LogP contribution in [0, 0.1) is 0 Å². The fourth-order valence-electron chi connectivity index (χ4n) is 2.16. The number of rotatable bonds is 5. The molecule has 7 heteroatoms. The molecule has 0 atom stereocenters. The zero-order chi connectivity index (χ0) is 16.9. The van der Waals surface area contributed by atoms with Gasteiger partial charge in [0.1, 0.15) is 0 Å². The van der Waals surface area contributed by atoms with Crippen LogP contribution in [-0.4, -0.2) is 32.0 Å². The van der Waals surface area contributed by atoms with Gasteiger partial charge in [0.15, 0.2) is 5.75 Å². The number of hydrogen-bond acceptors (Lipinski definition) is 5. The quantitative estimate of drug-likeness (QED) is 0.780. The number of benzene rings is 1. The summed E-state index contributed by atoms with van der Waals surface area (Å²) in [6.07, 6.45) is 6.48. The molecule has 0 radical (unpaired) electrons. The molecule has 7 nitrogen and oxygen atoms in total. The Morgan fingerprint density at radius 1 is 1.25 bits per heavy atom. The van der Waals surface area contributed by atoms with Gasteiger partial charge in [0, 0.05) is 11.8 Å². The van der Waals surface area contributed by atoms with Gasteiger partial charge in [0.25, 0.3) is 5.91 Å². The number of carbonyl (C=O) groups excluding carboxylic acids is 1. The Bertz CT molecular complexity index is 831. The number of nitrogens with zero attached hydrogens (tertiary/aromatic N) is 4. The number of hydrogen-bond donors (Lipinski definition) is 1. The third-order valence-electron chi connectivity index (χ3n) is 3.19. The Morgan fingerprint density at radius 3 is 2.88 bits per heavy atom. The van der Waals surface area contributed by atoms with Gasteiger partial charge in [-0.3, -0.25) is 9.78 Å². The van der Waals surface area contributed by atoms with Crippen molar-refractivity contribution >= 4 is 11.6 Å². The summed E-state index contributed by atoms with van der Waals surface area (Å²) in [5.41, 5.74) is 1.85. The molecule has 0 unspecified atom stereocenters. The third kappa shape index (κ3) is 3.57. The first-order chi connectivity index (χ1) is 11.6. The van der Waals surface area contributed by atoms with Crippen molar-refractivity contribution in [1.29, 1.82) is 0 Å². The van der Waals surface area contributed by atoms with Crippen molar-refractivity contribution in [3.05, 3.63) is 60.7 Å². The predicted molar refractivity (Wildman–Crippen MR) is 89.3 cm³/mol. The SMILES string of the molecule is CC(C)Oc1cnccc1NC(=O)c1cccc(-n2ccnn2)c1. The van der Waals surface area contributed by atoms with Crippen molar-refractivity contribution in [2.75, 3.05) is 5.32 Å². The van der Waals surface area contributed by atoms with Gasteiger partial charge in [-0.15, -0.1) is 5.10 Å². The Kier molecular flexibility index (Phi) is 4.51. The summed E-state index contributed by atoms with van der Waals surface area (Å²) >= 11 is 0. The molecule has 0 aliphatic carbocycles. The molecule has 0 saturated carbocycles. The summed E-state index contributed by atoms with van der Waals surface area (Å²) in [7, 11) is 0. The van der Waals surface area contributed by atoms with Crippen LogP contribution in [0.25, 0.3) is 5.69 Å². The lowest BCUT2D eigenvalue weighted by molar-refractivity contribution is 0.102. The minimum atomic E-state index is -0.239. The lowest BCUT2D eigenvalue weighted by atomic mass is 10.2. The average Bonchev–Trinajstić information content (AvgIpc) is 3.11. The molecular formula is C17H17N5O2. The molecule has 0 spiro atoms. The van der Waals surface area contributed by atoms with Crippen LogP contribution in [0.1, 0.15) is 24.2 Å². The van der Waals surface area contributed by atoms with E-state index in [1.54, 1.807) is 53.7 Å². The van der Waals surface area contributed by atoms with Gasteiger partial charge < -0.3 is 10.1 Å². The first kappa shape index (κ1) is 15.7. The van der Waals surface area contributed by atoms with Gasteiger partial charge in [0.2, 0.25) is 0 Å². The van der Waals surface area contributed by atoms with Crippen LogP contribution >= 0.6 is 0 Å². The van der Waals surface area contributed by atoms with E-state index in [9.17, 15) is 4.79 Å². The van der Waals surface area contributed by atoms with Crippen molar-refractivity contribution in [3.8, 4) is 11.4 Å². The van der Waals surface area contributed by atoms with Crippen LogP contribution < -0.4 is 10.1 Å². The maximum absolute atomic E-state index is 12.5. The zero-order valence-electron chi connectivity index (χ0n) is 13.4. The average molecular weight is 323 g/mol. The van der Waals surface area contributed by atoms with Crippen LogP contribution in [-0.2, 0) is 0 Å². The Morgan fingerprint density at radius 2 is 2.12 bits per heavy atom. The number of ether oxygens (including phenoxy) is 1. The van der Waals surface area contributed by atoms with Gasteiger partial charge in [-0.05, 0) is 38.1 Å². The largest absolute Gasteiger partial charge is 0.487 e. The molecule has 3 rings (SSSR count). The van der Waals surface area contributed by atoms with E-state index in [-0.39, 0.29) is 12.0 Å². The third-order valence-corrected chi connectivity index (χ3v) is 3.19. The highest BCUT2D eigenvalue weighted by Gasteiger charge is 2.12. The van der Waals surface area contributed by atoms with Gasteiger partial charge in [-0.25, -0.2) is 4.68 Å². The van der Waals surface area contributed by atoms with E-state index in [0.717, 1.165) is 5.69 Å². The van der Waals surface area contributed by atoms with Crippen LogP contribution in [0.15, 0.2) is 55.1 Å². The lowest BCUT2D eigenvalue weighted by Gasteiger charge is -2.14. The molecule has 122 valence electrons. The molecule has 2 heterocycles. The number of aromatic nitrogens is 4. The van der Waals surface area contributed by atoms with Crippen LogP contribution in [0.2, 0.25) is 0 Å². The van der Waals surface area contributed by atoms with E-state index >= 15 is 0 Å². The number of pyridine rings is 1. The summed E-state index contributed by atoms with van der Waals surface area (Å²) in [5.74, 6) is 0.296. The summed E-state index contributed by atoms with van der Waals surface area (Å²) in [6.45, 7) is 3.83. The molecule has 3 aromatic rings. The fraction of sp³-hybridized carbons (Fsp3) is 0.176. The highest BCUT2D eigenvalue weighted by Crippen LogP contribution is 2.24. The predicted octanol–water partition coefficient (Wildman–Crippen LogP) is 2.70. The minimum Gasteiger partial charge on any atom is -0.487 e. The van der Waals surface area contributed by atoms with Crippen molar-refractivity contribution in [3.63, 3.8) is 0 Å². The molecular weight excluding hydrogens is 306 g/mol. The number of amides is 1. The smallest absolute Gasteiger partial charge is 0.255 e. The maximum Gasteiger partial charge on any atom is 0.255 e. The van der Waals surface area contributed by atoms with Crippen molar-refractivity contribution in [1.82, 2.24) is 20.0 Å². The standard InChI is InChI=1S/C17H17N5O2/c1-12(2)24-16-11-18-7-6-15(16)20-17(23)13-4-3-5-14(10-13)22-9-8-19-21-22/h3-12H,1-2H3,(H,18,20,23). The molecule has 24 heavy (non-hydrogen) atoms. The van der Waals surface area contributed by atoms with Gasteiger partial charge in [0.05, 0.1) is 36.1 Å². The monoisotopic (exact) mass is 323 g/mol. The van der Waals surface area contributed by atoms with E-state index in [1.165, 1.54) is 0 Å². The number of carbonyl (C=O) groups is 1. The van der Waals surface area contributed by atoms with Crippen molar-refractivity contribution in [2.45, 2.75) is 20.0 Å². The van der Waals surface area contributed by atoms with Crippen LogP contribution in [0.5, 0.6) is 5.75 Å². The van der Waals surface area contributed by atoms with Crippen molar-refractivity contribution < 1.29 is 9.53 Å². The lowest BCUT2D eigenvalue weighted by Crippen LogP contribution is -2.15. The molecule has 1 aromatic carbocycles. The maximum atomic E-state index is 12.5. The molecule has 1 N–H and O–H groups in total.